The van der Waals surface area contributed by atoms with Crippen LogP contribution in [0.1, 0.15) is 22.3 Å². The molecule has 16 nitrogen and oxygen atoms in total. The molecule has 0 saturated heterocycles. The quantitative estimate of drug-likeness (QED) is 0.0829. The van der Waals surface area contributed by atoms with E-state index in [-0.39, 0.29) is 25.7 Å². The summed E-state index contributed by atoms with van der Waals surface area (Å²) in [6.07, 6.45) is -0.624. The molecule has 16 heteroatoms. The van der Waals surface area contributed by atoms with E-state index in [1.54, 1.807) is 24.3 Å². The Balaban J connectivity index is 1.16. The first kappa shape index (κ1) is 42.2. The maximum absolute atomic E-state index is 11.8. The van der Waals surface area contributed by atoms with Gasteiger partial charge in [-0.05, 0) is 114 Å². The van der Waals surface area contributed by atoms with Crippen LogP contribution >= 0.6 is 0 Å². The van der Waals surface area contributed by atoms with Gasteiger partial charge in [0, 0.05) is 43.8 Å². The number of aromatic nitrogens is 8. The van der Waals surface area contributed by atoms with Crippen molar-refractivity contribution in [3.8, 4) is 45.6 Å². The average Bonchev–Trinajstić information content (AvgIpc) is 4.05. The molecule has 0 spiro atoms. The third kappa shape index (κ3) is 7.24. The van der Waals surface area contributed by atoms with E-state index in [4.69, 9.17) is 29.9 Å². The molecule has 0 fully saturated rings. The predicted molar refractivity (Wildman–Crippen MR) is 271 cm³/mol. The summed E-state index contributed by atoms with van der Waals surface area (Å²) in [6.45, 7) is 0. The average molecular weight is 947 g/mol. The fourth-order valence-corrected chi connectivity index (χ4v) is 10.1. The van der Waals surface area contributed by atoms with Gasteiger partial charge in [0.25, 0.3) is 0 Å². The SMILES string of the molecule is O=C(O)Cc1ccc2cc3c(cc2c1)-c1nc-3nc2[nH]c(nc3nc(nc4[nH]c(n1)c1cc5ccc(CC(=O)O)cc5cc41)-c1cc4ccc(CC(=O)O)cc4cc1-3)c1cc3ccc(CC(=O)O)cc3cc21. The van der Waals surface area contributed by atoms with Gasteiger partial charge in [-0.25, -0.2) is 29.9 Å². The lowest BCUT2D eigenvalue weighted by Gasteiger charge is -2.06. The summed E-state index contributed by atoms with van der Waals surface area (Å²) in [6, 6.07) is 37.7. The molecule has 2 aliphatic heterocycles. The minimum Gasteiger partial charge on any atom is -0.481 e. The van der Waals surface area contributed by atoms with Crippen molar-refractivity contribution in [2.45, 2.75) is 25.7 Å². The Morgan fingerprint density at radius 1 is 0.306 bits per heavy atom. The van der Waals surface area contributed by atoms with Gasteiger partial charge in [0.1, 0.15) is 22.6 Å². The van der Waals surface area contributed by atoms with Crippen LogP contribution in [0.4, 0.5) is 0 Å². The van der Waals surface area contributed by atoms with Gasteiger partial charge in [-0.3, -0.25) is 19.2 Å². The number of nitrogens with zero attached hydrogens (tertiary/aromatic N) is 6. The van der Waals surface area contributed by atoms with Crippen molar-refractivity contribution < 1.29 is 39.6 Å². The monoisotopic (exact) mass is 946 g/mol. The zero-order valence-corrected chi connectivity index (χ0v) is 37.5. The normalized spacial score (nSPS) is 12.0. The van der Waals surface area contributed by atoms with E-state index in [9.17, 15) is 39.6 Å². The minimum absolute atomic E-state index is 0.155. The number of carboxylic acid groups (broad SMARTS) is 4. The molecular weight excluding hydrogens is 913 g/mol. The molecule has 11 aromatic rings. The van der Waals surface area contributed by atoms with E-state index in [1.165, 1.54) is 0 Å². The lowest BCUT2D eigenvalue weighted by Crippen LogP contribution is -1.99. The Morgan fingerprint density at radius 2 is 0.542 bits per heavy atom. The number of nitrogens with one attached hydrogen (secondary N) is 2. The van der Waals surface area contributed by atoms with Crippen molar-refractivity contribution in [3.05, 3.63) is 144 Å². The molecule has 0 amide bonds. The zero-order valence-electron chi connectivity index (χ0n) is 37.5. The topological polar surface area (TPSA) is 258 Å². The van der Waals surface area contributed by atoms with Crippen LogP contribution in [-0.4, -0.2) is 84.2 Å². The molecule has 2 aliphatic rings. The number of carboxylic acids is 4. The Hall–Kier alpha value is -9.96. The second-order valence-corrected chi connectivity index (χ2v) is 18.2. The number of hydrogen-bond acceptors (Lipinski definition) is 10. The second-order valence-electron chi connectivity index (χ2n) is 18.2. The summed E-state index contributed by atoms with van der Waals surface area (Å²) >= 11 is 0. The van der Waals surface area contributed by atoms with Crippen LogP contribution in [0.25, 0.3) is 133 Å². The molecule has 8 bridgehead atoms. The number of aliphatic carboxylic acids is 4. The minimum atomic E-state index is -0.951. The first-order valence-corrected chi connectivity index (χ1v) is 22.8. The Bertz CT molecular complexity index is 4220. The number of carbonyl (C=O) groups is 4. The summed E-state index contributed by atoms with van der Waals surface area (Å²) in [5.41, 5.74) is 6.82. The fourth-order valence-electron chi connectivity index (χ4n) is 10.1. The highest BCUT2D eigenvalue weighted by molar-refractivity contribution is 6.13. The van der Waals surface area contributed by atoms with Crippen molar-refractivity contribution >= 4 is 111 Å². The third-order valence-corrected chi connectivity index (χ3v) is 13.3. The largest absolute Gasteiger partial charge is 0.481 e. The molecule has 5 heterocycles. The second kappa shape index (κ2) is 15.8. The van der Waals surface area contributed by atoms with E-state index in [2.05, 4.69) is 9.97 Å². The lowest BCUT2D eigenvalue weighted by molar-refractivity contribution is -0.137. The maximum Gasteiger partial charge on any atom is 0.307 e. The summed E-state index contributed by atoms with van der Waals surface area (Å²) in [5.74, 6) is -2.48. The molecule has 6 N–H and O–H groups in total. The third-order valence-electron chi connectivity index (χ3n) is 13.3. The van der Waals surface area contributed by atoms with Crippen molar-refractivity contribution in [2.24, 2.45) is 0 Å². The molecule has 346 valence electrons. The van der Waals surface area contributed by atoms with E-state index < -0.39 is 23.9 Å². The number of aromatic amines is 2. The Morgan fingerprint density at radius 3 is 0.819 bits per heavy atom. The first-order valence-electron chi connectivity index (χ1n) is 22.8. The van der Waals surface area contributed by atoms with Gasteiger partial charge >= 0.3 is 23.9 Å². The van der Waals surface area contributed by atoms with E-state index in [0.717, 1.165) is 43.1 Å². The van der Waals surface area contributed by atoms with Gasteiger partial charge in [-0.2, -0.15) is 0 Å². The van der Waals surface area contributed by atoms with Crippen molar-refractivity contribution in [1.29, 1.82) is 0 Å². The van der Waals surface area contributed by atoms with E-state index in [0.29, 0.717) is 112 Å². The Kier molecular flexibility index (Phi) is 9.25. The standard InChI is InChI=1S/C56H34N8O8/c65-45(66)13-25-1-5-29-17-37-41(21-33(29)9-25)53-57-49(37)61-54-42-22-34-10-26(14-46(67)68)2-6-30(34)18-38(42)51(58-54)63-56-44-24-36-12-28(16-48(71)72)4-8-32(36)20-40(44)52(60-56)64-55-43-23-35-11-27(15-47(69)70)3-7-31(35)19-39(43)50(59-55)62-53/h1-12,17-24H,13-16H2,(H,65,66)(H,67,68)(H,69,70)(H,71,72)(H2,57,58,59,60,61,62,63,64). The van der Waals surface area contributed by atoms with Crippen LogP contribution in [0.15, 0.2) is 121 Å². The molecule has 3 aromatic heterocycles. The van der Waals surface area contributed by atoms with Crippen LogP contribution < -0.4 is 0 Å². The molecule has 72 heavy (non-hydrogen) atoms. The summed E-state index contributed by atoms with van der Waals surface area (Å²) in [7, 11) is 0. The summed E-state index contributed by atoms with van der Waals surface area (Å²) < 4.78 is 0. The maximum atomic E-state index is 11.8. The van der Waals surface area contributed by atoms with Crippen LogP contribution in [-0.2, 0) is 44.9 Å². The van der Waals surface area contributed by atoms with Gasteiger partial charge in [0.2, 0.25) is 0 Å². The number of H-pyrrole nitrogens is 2. The molecular formula is C56H34N8O8. The van der Waals surface area contributed by atoms with Crippen LogP contribution in [0.3, 0.4) is 0 Å². The molecule has 0 saturated carbocycles. The molecule has 0 radical (unpaired) electrons. The number of fused-ring (bicyclic) bond motifs is 24. The molecule has 8 aromatic carbocycles. The van der Waals surface area contributed by atoms with Gasteiger partial charge < -0.3 is 30.4 Å². The lowest BCUT2D eigenvalue weighted by atomic mass is 9.99. The fraction of sp³-hybridized carbons (Fsp3) is 0.0714. The van der Waals surface area contributed by atoms with Crippen molar-refractivity contribution in [3.63, 3.8) is 0 Å². The number of benzene rings is 8. The smallest absolute Gasteiger partial charge is 0.307 e. The van der Waals surface area contributed by atoms with Gasteiger partial charge in [-0.1, -0.05) is 72.8 Å². The van der Waals surface area contributed by atoms with Crippen molar-refractivity contribution in [1.82, 2.24) is 39.9 Å². The molecule has 0 aliphatic carbocycles. The van der Waals surface area contributed by atoms with Crippen LogP contribution in [0, 0.1) is 0 Å². The van der Waals surface area contributed by atoms with Gasteiger partial charge in [-0.15, -0.1) is 0 Å². The highest BCUT2D eigenvalue weighted by Gasteiger charge is 2.25. The van der Waals surface area contributed by atoms with E-state index in [1.807, 2.05) is 97.1 Å². The van der Waals surface area contributed by atoms with Gasteiger partial charge in [0.05, 0.1) is 25.7 Å². The molecule has 0 unspecified atom stereocenters. The van der Waals surface area contributed by atoms with Crippen molar-refractivity contribution in [2.75, 3.05) is 0 Å². The highest BCUT2D eigenvalue weighted by Crippen LogP contribution is 2.41. The van der Waals surface area contributed by atoms with Crippen LogP contribution in [0.5, 0.6) is 0 Å². The summed E-state index contributed by atoms with van der Waals surface area (Å²) in [4.78, 5) is 85.2. The molecule has 0 atom stereocenters. The predicted octanol–water partition coefficient (Wildman–Crippen LogP) is 9.99. The highest BCUT2D eigenvalue weighted by atomic mass is 16.4. The summed E-state index contributed by atoms with van der Waals surface area (Å²) in [5, 5.41) is 47.7. The van der Waals surface area contributed by atoms with E-state index >= 15 is 0 Å². The molecule has 13 rings (SSSR count). The number of hydrogen-bond donors (Lipinski definition) is 6. The van der Waals surface area contributed by atoms with Gasteiger partial charge in [0.15, 0.2) is 23.3 Å². The Labute approximate surface area is 404 Å². The van der Waals surface area contributed by atoms with Crippen LogP contribution in [0.2, 0.25) is 0 Å². The number of rotatable bonds is 8. The zero-order chi connectivity index (χ0) is 49.1. The first-order chi connectivity index (χ1) is 34.8.